The van der Waals surface area contributed by atoms with E-state index >= 15 is 4.39 Å². The van der Waals surface area contributed by atoms with Crippen LogP contribution < -0.4 is 11.0 Å². The molecule has 0 radical (unpaired) electrons. The molecule has 1 aliphatic heterocycles. The molecule has 1 fully saturated rings. The van der Waals surface area contributed by atoms with E-state index < -0.39 is 11.4 Å². The van der Waals surface area contributed by atoms with Crippen molar-refractivity contribution < 1.29 is 19.0 Å². The second kappa shape index (κ2) is 11.9. The third-order valence-electron chi connectivity index (χ3n) is 8.91. The lowest BCUT2D eigenvalue weighted by Crippen LogP contribution is -2.45. The van der Waals surface area contributed by atoms with Gasteiger partial charge in [-0.2, -0.15) is 15.2 Å². The molecule has 2 aliphatic rings. The van der Waals surface area contributed by atoms with Crippen LogP contribution in [0.15, 0.2) is 52.4 Å². The first-order valence-corrected chi connectivity index (χ1v) is 15.6. The van der Waals surface area contributed by atoms with Crippen LogP contribution in [0.2, 0.25) is 0 Å². The average Bonchev–Trinajstić information content (AvgIpc) is 3.58. The van der Waals surface area contributed by atoms with Crippen molar-refractivity contribution in [2.75, 3.05) is 0 Å². The highest BCUT2D eigenvalue weighted by Crippen LogP contribution is 2.37. The van der Waals surface area contributed by atoms with Crippen molar-refractivity contribution in [3.05, 3.63) is 86.8 Å². The minimum Gasteiger partial charge on any atom is -0.388 e. The van der Waals surface area contributed by atoms with E-state index in [1.807, 2.05) is 50.2 Å². The van der Waals surface area contributed by atoms with E-state index in [1.165, 1.54) is 0 Å². The van der Waals surface area contributed by atoms with Crippen LogP contribution in [0.1, 0.15) is 87.6 Å². The number of hydrogen-bond donors (Lipinski definition) is 2. The molecule has 0 bridgehead atoms. The topological polar surface area (TPSA) is 123 Å². The van der Waals surface area contributed by atoms with Crippen LogP contribution in [0.3, 0.4) is 0 Å². The molecule has 4 aromatic rings. The van der Waals surface area contributed by atoms with Crippen molar-refractivity contribution in [1.29, 1.82) is 0 Å². The molecule has 1 atom stereocenters. The van der Waals surface area contributed by atoms with Gasteiger partial charge in [0.25, 0.3) is 5.56 Å². The Morgan fingerprint density at radius 1 is 1.16 bits per heavy atom. The Bertz CT molecular complexity index is 1850. The fourth-order valence-corrected chi connectivity index (χ4v) is 6.14. The molecule has 10 nitrogen and oxygen atoms in total. The predicted octanol–water partition coefficient (Wildman–Crippen LogP) is 4.65. The standard InChI is InChI=1S/C34H39FN6O4/c1-6-10-28-26(15-22-13-14-25(21-11-8-7-9-12-21)30(31(22)35)27-18-29(42)38-37-27)32(43)40(33-36-20(3)39-41(28)33)23-16-24(17-23)45-19(2)34(4,5)44/h7-9,11-14,19,23-24,44H,6,10,15-18H2,1-5H3,(H,38,42). The van der Waals surface area contributed by atoms with Gasteiger partial charge in [0, 0.05) is 23.6 Å². The van der Waals surface area contributed by atoms with E-state index in [9.17, 15) is 14.7 Å². The number of halogens is 1. The molecule has 2 aromatic heterocycles. The maximum Gasteiger partial charge on any atom is 0.259 e. The quantitative estimate of drug-likeness (QED) is 0.268. The number of aliphatic hydroxyl groups is 1. The lowest BCUT2D eigenvalue weighted by atomic mass is 9.87. The van der Waals surface area contributed by atoms with Gasteiger partial charge < -0.3 is 9.84 Å². The monoisotopic (exact) mass is 614 g/mol. The number of hydrogen-bond acceptors (Lipinski definition) is 7. The van der Waals surface area contributed by atoms with E-state index in [2.05, 4.69) is 20.6 Å². The highest BCUT2D eigenvalue weighted by atomic mass is 19.1. The van der Waals surface area contributed by atoms with Crippen molar-refractivity contribution in [1.82, 2.24) is 24.6 Å². The lowest BCUT2D eigenvalue weighted by molar-refractivity contribution is -0.138. The molecule has 3 heterocycles. The minimum absolute atomic E-state index is 0.0325. The number of ether oxygens (including phenoxy) is 1. The lowest BCUT2D eigenvalue weighted by Gasteiger charge is -2.40. The molecule has 0 spiro atoms. The van der Waals surface area contributed by atoms with Crippen molar-refractivity contribution in [2.24, 2.45) is 5.10 Å². The van der Waals surface area contributed by atoms with Crippen LogP contribution in [0.5, 0.6) is 0 Å². The van der Waals surface area contributed by atoms with Gasteiger partial charge in [0.1, 0.15) is 11.6 Å². The largest absolute Gasteiger partial charge is 0.388 e. The van der Waals surface area contributed by atoms with Crippen LogP contribution in [0.25, 0.3) is 16.9 Å². The fourth-order valence-electron chi connectivity index (χ4n) is 6.14. The average molecular weight is 615 g/mol. The highest BCUT2D eigenvalue weighted by molar-refractivity contribution is 6.16. The van der Waals surface area contributed by atoms with Crippen LogP contribution >= 0.6 is 0 Å². The number of carbonyl (C=O) groups is 1. The Balaban J connectivity index is 1.44. The van der Waals surface area contributed by atoms with E-state index in [1.54, 1.807) is 35.9 Å². The summed E-state index contributed by atoms with van der Waals surface area (Å²) in [5.41, 5.74) is 4.75. The van der Waals surface area contributed by atoms with Gasteiger partial charge in [0.15, 0.2) is 0 Å². The number of nitrogens with zero attached hydrogens (tertiary/aromatic N) is 5. The highest BCUT2D eigenvalue weighted by Gasteiger charge is 2.38. The number of nitrogens with one attached hydrogen (secondary N) is 1. The summed E-state index contributed by atoms with van der Waals surface area (Å²) in [6.07, 6.45) is 2.00. The third kappa shape index (κ3) is 5.82. The van der Waals surface area contributed by atoms with Gasteiger partial charge >= 0.3 is 0 Å². The summed E-state index contributed by atoms with van der Waals surface area (Å²) in [6, 6.07) is 12.8. The Kier molecular flexibility index (Phi) is 8.17. The summed E-state index contributed by atoms with van der Waals surface area (Å²) in [4.78, 5) is 31.1. The first kappa shape index (κ1) is 30.8. The van der Waals surface area contributed by atoms with E-state index in [-0.39, 0.29) is 48.1 Å². The zero-order valence-electron chi connectivity index (χ0n) is 26.3. The van der Waals surface area contributed by atoms with E-state index in [0.29, 0.717) is 59.0 Å². The Labute approximate surface area is 261 Å². The van der Waals surface area contributed by atoms with Gasteiger partial charge in [-0.25, -0.2) is 14.3 Å². The zero-order valence-corrected chi connectivity index (χ0v) is 26.3. The minimum atomic E-state index is -0.985. The summed E-state index contributed by atoms with van der Waals surface area (Å²) in [5.74, 6) is 0.202. The van der Waals surface area contributed by atoms with Gasteiger partial charge in [0.05, 0.1) is 35.6 Å². The second-order valence-corrected chi connectivity index (χ2v) is 12.7. The van der Waals surface area contributed by atoms with Gasteiger partial charge in [-0.05, 0) is 63.6 Å². The summed E-state index contributed by atoms with van der Waals surface area (Å²) in [7, 11) is 0. The molecule has 236 valence electrons. The van der Waals surface area contributed by atoms with Crippen molar-refractivity contribution in [2.45, 2.75) is 97.0 Å². The van der Waals surface area contributed by atoms with Gasteiger partial charge in [-0.3, -0.25) is 14.2 Å². The normalized spacial score (nSPS) is 19.0. The molecule has 11 heteroatoms. The maximum absolute atomic E-state index is 16.7. The Morgan fingerprint density at radius 2 is 1.89 bits per heavy atom. The molecular formula is C34H39FN6O4. The smallest absolute Gasteiger partial charge is 0.259 e. The van der Waals surface area contributed by atoms with Crippen LogP contribution in [-0.4, -0.2) is 53.7 Å². The summed E-state index contributed by atoms with van der Waals surface area (Å²) >= 11 is 0. The molecular weight excluding hydrogens is 575 g/mol. The van der Waals surface area contributed by atoms with Crippen molar-refractivity contribution >= 4 is 17.4 Å². The number of hydrazone groups is 1. The van der Waals surface area contributed by atoms with Crippen LogP contribution in [-0.2, 0) is 22.4 Å². The molecule has 1 unspecified atom stereocenters. The van der Waals surface area contributed by atoms with Gasteiger partial charge in [-0.15, -0.1) is 0 Å². The Hall–Kier alpha value is -4.22. The van der Waals surface area contributed by atoms with Crippen molar-refractivity contribution in [3.8, 4) is 11.1 Å². The summed E-state index contributed by atoms with van der Waals surface area (Å²) in [5, 5.41) is 19.1. The number of aryl methyl sites for hydroxylation is 2. The van der Waals surface area contributed by atoms with Crippen LogP contribution in [0.4, 0.5) is 4.39 Å². The molecule has 0 saturated heterocycles. The number of rotatable bonds is 10. The van der Waals surface area contributed by atoms with E-state index in [0.717, 1.165) is 12.0 Å². The molecule has 1 aliphatic carbocycles. The van der Waals surface area contributed by atoms with Crippen molar-refractivity contribution in [3.63, 3.8) is 0 Å². The second-order valence-electron chi connectivity index (χ2n) is 12.7. The fraction of sp³-hybridized carbons (Fsp3) is 0.441. The SMILES string of the molecule is CCCc1c(Cc2ccc(-c3ccccc3)c(C3=NNC(=O)C3)c2F)c(=O)n(C2CC(OC(C)C(C)(C)O)C2)c2nc(C)nn12. The van der Waals surface area contributed by atoms with E-state index in [4.69, 9.17) is 4.74 Å². The predicted molar refractivity (Wildman–Crippen MR) is 169 cm³/mol. The third-order valence-corrected chi connectivity index (χ3v) is 8.91. The molecule has 1 saturated carbocycles. The molecule has 1 amide bonds. The number of benzene rings is 2. The maximum atomic E-state index is 16.7. The Morgan fingerprint density at radius 3 is 2.53 bits per heavy atom. The number of aromatic nitrogens is 4. The van der Waals surface area contributed by atoms with Gasteiger partial charge in [-0.1, -0.05) is 55.8 Å². The number of amides is 1. The molecule has 2 N–H and O–H groups in total. The van der Waals surface area contributed by atoms with Gasteiger partial charge in [0.2, 0.25) is 11.7 Å². The van der Waals surface area contributed by atoms with Crippen LogP contribution in [0, 0.1) is 12.7 Å². The summed E-state index contributed by atoms with van der Waals surface area (Å²) < 4.78 is 26.2. The molecule has 2 aromatic carbocycles. The molecule has 6 rings (SSSR count). The number of carbonyl (C=O) groups excluding carboxylic acids is 1. The summed E-state index contributed by atoms with van der Waals surface area (Å²) in [6.45, 7) is 9.08. The molecule has 45 heavy (non-hydrogen) atoms. The zero-order chi connectivity index (χ0) is 32.0. The number of fused-ring (bicyclic) bond motifs is 1. The first-order chi connectivity index (χ1) is 21.5. The first-order valence-electron chi connectivity index (χ1n) is 15.6.